The average Bonchev–Trinajstić information content (AvgIpc) is 2.79. The largest absolute Gasteiger partial charge is 0.573 e. The first-order valence-electron chi connectivity index (χ1n) is 11.9. The van der Waals surface area contributed by atoms with Gasteiger partial charge in [0.15, 0.2) is 11.6 Å². The van der Waals surface area contributed by atoms with Gasteiger partial charge in [0.25, 0.3) is 0 Å². The van der Waals surface area contributed by atoms with E-state index in [1.54, 1.807) is 0 Å². The lowest BCUT2D eigenvalue weighted by atomic mass is 9.82. The summed E-state index contributed by atoms with van der Waals surface area (Å²) in [5.41, 5.74) is 3.12. The lowest BCUT2D eigenvalue weighted by molar-refractivity contribution is -0.275. The molecule has 0 aliphatic heterocycles. The second kappa shape index (κ2) is 10.3. The third kappa shape index (κ3) is 5.65. The topological polar surface area (TPSA) is 9.23 Å². The van der Waals surface area contributed by atoms with Gasteiger partial charge in [0.2, 0.25) is 0 Å². The van der Waals surface area contributed by atoms with Crippen molar-refractivity contribution >= 4 is 0 Å². The zero-order chi connectivity index (χ0) is 25.2. The van der Waals surface area contributed by atoms with Crippen molar-refractivity contribution in [1.82, 2.24) is 0 Å². The molecule has 1 aliphatic rings. The Kier molecular flexibility index (Phi) is 7.43. The van der Waals surface area contributed by atoms with E-state index >= 15 is 8.78 Å². The lowest BCUT2D eigenvalue weighted by Gasteiger charge is -2.23. The first kappa shape index (κ1) is 25.1. The van der Waals surface area contributed by atoms with Crippen LogP contribution >= 0.6 is 0 Å². The summed E-state index contributed by atoms with van der Waals surface area (Å²) >= 11 is 0. The molecule has 0 N–H and O–H groups in total. The summed E-state index contributed by atoms with van der Waals surface area (Å²) in [6, 6.07) is 9.61. The van der Waals surface area contributed by atoms with Crippen molar-refractivity contribution in [1.29, 1.82) is 0 Å². The van der Waals surface area contributed by atoms with E-state index in [0.29, 0.717) is 30.0 Å². The fraction of sp³-hybridized carbons (Fsp3) is 0.357. The third-order valence-electron chi connectivity index (χ3n) is 6.44. The van der Waals surface area contributed by atoms with Gasteiger partial charge in [-0.05, 0) is 77.3 Å². The maximum absolute atomic E-state index is 15.5. The van der Waals surface area contributed by atoms with Crippen LogP contribution in [-0.2, 0) is 19.3 Å². The van der Waals surface area contributed by atoms with Gasteiger partial charge in [0.05, 0.1) is 5.56 Å². The molecule has 0 unspecified atom stereocenters. The van der Waals surface area contributed by atoms with Crippen molar-refractivity contribution < 1.29 is 31.1 Å². The first-order chi connectivity index (χ1) is 16.7. The average molecular weight is 493 g/mol. The van der Waals surface area contributed by atoms with E-state index in [0.717, 1.165) is 36.1 Å². The molecule has 1 nitrogen and oxygen atoms in total. The van der Waals surface area contributed by atoms with E-state index < -0.39 is 35.1 Å². The van der Waals surface area contributed by atoms with Crippen molar-refractivity contribution in [3.05, 3.63) is 76.6 Å². The Morgan fingerprint density at radius 1 is 0.800 bits per heavy atom. The molecule has 0 aromatic heterocycles. The summed E-state index contributed by atoms with van der Waals surface area (Å²) < 4.78 is 85.6. The molecular weight excluding hydrogens is 466 g/mol. The number of alkyl halides is 3. The van der Waals surface area contributed by atoms with Crippen LogP contribution in [0.2, 0.25) is 0 Å². The minimum absolute atomic E-state index is 0.195. The Labute approximate surface area is 200 Å². The van der Waals surface area contributed by atoms with Gasteiger partial charge in [-0.15, -0.1) is 13.2 Å². The van der Waals surface area contributed by atoms with Crippen LogP contribution in [0.15, 0.2) is 42.5 Å². The first-order valence-corrected chi connectivity index (χ1v) is 11.9. The van der Waals surface area contributed by atoms with Crippen LogP contribution in [0, 0.1) is 17.5 Å². The van der Waals surface area contributed by atoms with E-state index in [1.807, 2.05) is 12.1 Å². The molecule has 0 amide bonds. The quantitative estimate of drug-likeness (QED) is 0.225. The molecule has 7 heteroatoms. The molecule has 3 aromatic rings. The second-order valence-corrected chi connectivity index (χ2v) is 8.92. The lowest BCUT2D eigenvalue weighted by Crippen LogP contribution is -2.18. The van der Waals surface area contributed by atoms with Gasteiger partial charge in [0.1, 0.15) is 11.6 Å². The molecule has 186 valence electrons. The molecule has 0 spiro atoms. The number of hydrogen-bond acceptors (Lipinski definition) is 1. The van der Waals surface area contributed by atoms with Crippen LogP contribution < -0.4 is 4.74 Å². The molecule has 1 aliphatic carbocycles. The number of fused-ring (bicyclic) bond motifs is 3. The predicted molar refractivity (Wildman–Crippen MR) is 124 cm³/mol. The Balaban J connectivity index is 1.62. The Bertz CT molecular complexity index is 1220. The fourth-order valence-electron chi connectivity index (χ4n) is 4.74. The predicted octanol–water partition coefficient (Wildman–Crippen LogP) is 8.95. The number of rotatable bonds is 8. The highest BCUT2D eigenvalue weighted by atomic mass is 19.4. The highest BCUT2D eigenvalue weighted by molar-refractivity contribution is 5.78. The van der Waals surface area contributed by atoms with E-state index in [1.165, 1.54) is 37.3 Å². The summed E-state index contributed by atoms with van der Waals surface area (Å²) in [4.78, 5) is 0. The second-order valence-electron chi connectivity index (χ2n) is 8.92. The number of hydrogen-bond donors (Lipinski definition) is 0. The number of halogens is 6. The van der Waals surface area contributed by atoms with E-state index in [2.05, 4.69) is 17.7 Å². The van der Waals surface area contributed by atoms with E-state index in [9.17, 15) is 17.6 Å². The van der Waals surface area contributed by atoms with Crippen molar-refractivity contribution in [3.8, 4) is 28.0 Å². The summed E-state index contributed by atoms with van der Waals surface area (Å²) in [5, 5.41) is 0. The Morgan fingerprint density at radius 2 is 1.57 bits per heavy atom. The highest BCUT2D eigenvalue weighted by Gasteiger charge is 2.33. The van der Waals surface area contributed by atoms with Gasteiger partial charge in [-0.25, -0.2) is 13.2 Å². The minimum atomic E-state index is -5.08. The molecule has 0 saturated heterocycles. The van der Waals surface area contributed by atoms with Crippen molar-refractivity contribution in [2.45, 2.75) is 64.7 Å². The van der Waals surface area contributed by atoms with E-state index in [-0.39, 0.29) is 5.56 Å². The molecule has 0 fully saturated rings. The monoisotopic (exact) mass is 492 g/mol. The van der Waals surface area contributed by atoms with E-state index in [4.69, 9.17) is 0 Å². The van der Waals surface area contributed by atoms with Crippen LogP contribution in [0.3, 0.4) is 0 Å². The number of benzene rings is 3. The molecule has 4 rings (SSSR count). The normalized spacial score (nSPS) is 12.9. The SMILES string of the molecule is CCCCCCCc1ccc2c(c1)CCc1c-2cc(F)c(-c2ccc(OC(F)(F)F)c(F)c2)c1F. The fourth-order valence-corrected chi connectivity index (χ4v) is 4.74. The molecule has 0 bridgehead atoms. The van der Waals surface area contributed by atoms with Crippen LogP contribution in [0.5, 0.6) is 5.75 Å². The van der Waals surface area contributed by atoms with Crippen LogP contribution in [0.4, 0.5) is 26.3 Å². The van der Waals surface area contributed by atoms with Crippen molar-refractivity contribution in [2.24, 2.45) is 0 Å². The Hall–Kier alpha value is -2.96. The van der Waals surface area contributed by atoms with Gasteiger partial charge >= 0.3 is 6.36 Å². The van der Waals surface area contributed by atoms with Crippen molar-refractivity contribution in [3.63, 3.8) is 0 Å². The summed E-state index contributed by atoms with van der Waals surface area (Å²) in [6.45, 7) is 2.18. The molecule has 0 radical (unpaired) electrons. The van der Waals surface area contributed by atoms with Gasteiger partial charge in [-0.2, -0.15) is 0 Å². The molecule has 0 atom stereocenters. The third-order valence-corrected chi connectivity index (χ3v) is 6.44. The maximum atomic E-state index is 15.5. The number of unbranched alkanes of at least 4 members (excludes halogenated alkanes) is 4. The zero-order valence-corrected chi connectivity index (χ0v) is 19.4. The molecular formula is C28H26F6O. The van der Waals surface area contributed by atoms with Gasteiger partial charge < -0.3 is 4.74 Å². The molecule has 35 heavy (non-hydrogen) atoms. The van der Waals surface area contributed by atoms with Gasteiger partial charge in [-0.1, -0.05) is 56.9 Å². The van der Waals surface area contributed by atoms with Crippen LogP contribution in [0.25, 0.3) is 22.3 Å². The molecule has 3 aromatic carbocycles. The Morgan fingerprint density at radius 3 is 2.29 bits per heavy atom. The summed E-state index contributed by atoms with van der Waals surface area (Å²) in [7, 11) is 0. The van der Waals surface area contributed by atoms with Crippen molar-refractivity contribution in [2.75, 3.05) is 0 Å². The zero-order valence-electron chi connectivity index (χ0n) is 19.4. The highest BCUT2D eigenvalue weighted by Crippen LogP contribution is 2.41. The standard InChI is InChI=1S/C28H26F6O/c1-2-3-4-5-6-7-17-8-11-20-18(14-17)9-12-21-22(20)16-24(30)26(27(21)31)19-10-13-25(23(29)15-19)35-28(32,33)34/h8,10-11,13-16H,2-7,9,12H2,1H3. The van der Waals surface area contributed by atoms with Gasteiger partial charge in [0, 0.05) is 0 Å². The van der Waals surface area contributed by atoms with Crippen LogP contribution in [0.1, 0.15) is 55.7 Å². The summed E-state index contributed by atoms with van der Waals surface area (Å²) in [5.74, 6) is -4.15. The minimum Gasteiger partial charge on any atom is -0.403 e. The summed E-state index contributed by atoms with van der Waals surface area (Å²) in [6.07, 6.45) is 2.75. The van der Waals surface area contributed by atoms with Crippen LogP contribution in [-0.4, -0.2) is 6.36 Å². The maximum Gasteiger partial charge on any atom is 0.573 e. The molecule has 0 saturated carbocycles. The number of aryl methyl sites for hydroxylation is 2. The smallest absolute Gasteiger partial charge is 0.403 e. The number of ether oxygens (including phenoxy) is 1. The molecule has 0 heterocycles. The van der Waals surface area contributed by atoms with Gasteiger partial charge in [-0.3, -0.25) is 0 Å².